The van der Waals surface area contributed by atoms with Gasteiger partial charge in [0.2, 0.25) is 0 Å². The Kier molecular flexibility index (Phi) is 7.18. The van der Waals surface area contributed by atoms with Crippen molar-refractivity contribution in [1.82, 2.24) is 0 Å². The second kappa shape index (κ2) is 8.16. The maximum Gasteiger partial charge on any atom is 0.136 e. The third kappa shape index (κ3) is 4.90. The van der Waals surface area contributed by atoms with E-state index in [-0.39, 0.29) is 0 Å². The second-order valence-corrected chi connectivity index (χ2v) is 6.05. The van der Waals surface area contributed by atoms with Crippen LogP contribution >= 0.6 is 11.8 Å². The summed E-state index contributed by atoms with van der Waals surface area (Å²) in [5, 5.41) is 0. The molecule has 94 valence electrons. The van der Waals surface area contributed by atoms with E-state index in [4.69, 9.17) is 0 Å². The summed E-state index contributed by atoms with van der Waals surface area (Å²) in [4.78, 5) is 11.9. The lowest BCUT2D eigenvalue weighted by molar-refractivity contribution is -0.123. The Morgan fingerprint density at radius 2 is 1.94 bits per heavy atom. The fourth-order valence-electron chi connectivity index (χ4n) is 2.67. The zero-order valence-corrected chi connectivity index (χ0v) is 11.7. The lowest BCUT2D eigenvalue weighted by Gasteiger charge is -2.27. The predicted molar refractivity (Wildman–Crippen MR) is 73.0 cm³/mol. The lowest BCUT2D eigenvalue weighted by atomic mass is 9.78. The SMILES string of the molecule is CCCCC1CCC(C(=O)CCSC)CC1. The van der Waals surface area contributed by atoms with Gasteiger partial charge in [-0.3, -0.25) is 4.79 Å². The highest BCUT2D eigenvalue weighted by Gasteiger charge is 2.25. The van der Waals surface area contributed by atoms with E-state index >= 15 is 0 Å². The second-order valence-electron chi connectivity index (χ2n) is 5.07. The molecule has 1 saturated carbocycles. The number of hydrogen-bond donors (Lipinski definition) is 0. The van der Waals surface area contributed by atoms with Crippen LogP contribution in [0.3, 0.4) is 0 Å². The number of rotatable bonds is 7. The summed E-state index contributed by atoms with van der Waals surface area (Å²) in [7, 11) is 0. The van der Waals surface area contributed by atoms with Crippen molar-refractivity contribution in [3.63, 3.8) is 0 Å². The number of ketones is 1. The maximum atomic E-state index is 11.9. The molecule has 0 amide bonds. The number of Topliss-reactive ketones (excluding diaryl/α,β-unsaturated/α-hetero) is 1. The lowest BCUT2D eigenvalue weighted by Crippen LogP contribution is -2.22. The average molecular weight is 242 g/mol. The largest absolute Gasteiger partial charge is 0.299 e. The maximum absolute atomic E-state index is 11.9. The topological polar surface area (TPSA) is 17.1 Å². The summed E-state index contributed by atoms with van der Waals surface area (Å²) in [5.74, 6) is 2.87. The molecule has 0 aromatic carbocycles. The smallest absolute Gasteiger partial charge is 0.136 e. The summed E-state index contributed by atoms with van der Waals surface area (Å²) in [6, 6.07) is 0. The first-order valence-electron chi connectivity index (χ1n) is 6.79. The molecule has 0 aliphatic heterocycles. The number of unbranched alkanes of at least 4 members (excludes halogenated alkanes) is 1. The number of hydrogen-bond acceptors (Lipinski definition) is 2. The summed E-state index contributed by atoms with van der Waals surface area (Å²) >= 11 is 1.78. The van der Waals surface area contributed by atoms with Crippen LogP contribution in [-0.4, -0.2) is 17.8 Å². The molecule has 0 aromatic rings. The van der Waals surface area contributed by atoms with Crippen LogP contribution < -0.4 is 0 Å². The van der Waals surface area contributed by atoms with Crippen molar-refractivity contribution in [2.24, 2.45) is 11.8 Å². The molecule has 0 N–H and O–H groups in total. The van der Waals surface area contributed by atoms with Gasteiger partial charge in [-0.2, -0.15) is 11.8 Å². The van der Waals surface area contributed by atoms with Crippen molar-refractivity contribution in [3.8, 4) is 0 Å². The summed E-state index contributed by atoms with van der Waals surface area (Å²) in [6.07, 6.45) is 11.9. The Bertz CT molecular complexity index is 195. The molecule has 2 heteroatoms. The van der Waals surface area contributed by atoms with Crippen molar-refractivity contribution in [3.05, 3.63) is 0 Å². The first-order valence-corrected chi connectivity index (χ1v) is 8.19. The van der Waals surface area contributed by atoms with Crippen LogP contribution in [0, 0.1) is 11.8 Å². The molecule has 1 aliphatic rings. The van der Waals surface area contributed by atoms with E-state index in [9.17, 15) is 4.79 Å². The van der Waals surface area contributed by atoms with Gasteiger partial charge in [0.15, 0.2) is 0 Å². The van der Waals surface area contributed by atoms with Gasteiger partial charge in [-0.1, -0.05) is 26.2 Å². The van der Waals surface area contributed by atoms with Crippen molar-refractivity contribution >= 4 is 17.5 Å². The molecular formula is C14H26OS. The highest BCUT2D eigenvalue weighted by atomic mass is 32.2. The Morgan fingerprint density at radius 1 is 1.25 bits per heavy atom. The van der Waals surface area contributed by atoms with Gasteiger partial charge in [-0.15, -0.1) is 0 Å². The van der Waals surface area contributed by atoms with E-state index < -0.39 is 0 Å². The minimum Gasteiger partial charge on any atom is -0.299 e. The van der Waals surface area contributed by atoms with Crippen LogP contribution in [-0.2, 0) is 4.79 Å². The van der Waals surface area contributed by atoms with Crippen LogP contribution in [0.5, 0.6) is 0 Å². The van der Waals surface area contributed by atoms with Gasteiger partial charge in [0.25, 0.3) is 0 Å². The Balaban J connectivity index is 2.18. The molecule has 16 heavy (non-hydrogen) atoms. The molecule has 0 spiro atoms. The van der Waals surface area contributed by atoms with Gasteiger partial charge in [-0.05, 0) is 43.6 Å². The van der Waals surface area contributed by atoms with E-state index in [0.29, 0.717) is 11.7 Å². The number of carbonyl (C=O) groups is 1. The molecule has 1 rings (SSSR count). The standard InChI is InChI=1S/C14H26OS/c1-3-4-5-12-6-8-13(9-7-12)14(15)10-11-16-2/h12-13H,3-11H2,1-2H3. The normalized spacial score (nSPS) is 25.6. The highest BCUT2D eigenvalue weighted by molar-refractivity contribution is 7.98. The fourth-order valence-corrected chi connectivity index (χ4v) is 3.08. The summed E-state index contributed by atoms with van der Waals surface area (Å²) in [5.41, 5.74) is 0. The van der Waals surface area contributed by atoms with Gasteiger partial charge in [0.05, 0.1) is 0 Å². The molecular weight excluding hydrogens is 216 g/mol. The van der Waals surface area contributed by atoms with E-state index in [2.05, 4.69) is 13.2 Å². The van der Waals surface area contributed by atoms with Gasteiger partial charge in [0.1, 0.15) is 5.78 Å². The molecule has 0 bridgehead atoms. The first kappa shape index (κ1) is 14.1. The van der Waals surface area contributed by atoms with Crippen molar-refractivity contribution < 1.29 is 4.79 Å². The van der Waals surface area contributed by atoms with Gasteiger partial charge in [-0.25, -0.2) is 0 Å². The van der Waals surface area contributed by atoms with Crippen LogP contribution in [0.15, 0.2) is 0 Å². The van der Waals surface area contributed by atoms with E-state index in [1.54, 1.807) is 11.8 Å². The fraction of sp³-hybridized carbons (Fsp3) is 0.929. The molecule has 0 unspecified atom stereocenters. The minimum atomic E-state index is 0.407. The quantitative estimate of drug-likeness (QED) is 0.662. The third-order valence-corrected chi connectivity index (χ3v) is 4.43. The predicted octanol–water partition coefficient (Wildman–Crippen LogP) is 4.31. The molecule has 0 heterocycles. The minimum absolute atomic E-state index is 0.407. The van der Waals surface area contributed by atoms with Crippen molar-refractivity contribution in [2.45, 2.75) is 58.3 Å². The zero-order chi connectivity index (χ0) is 11.8. The molecule has 0 radical (unpaired) electrons. The van der Waals surface area contributed by atoms with Gasteiger partial charge < -0.3 is 0 Å². The molecule has 1 nitrogen and oxygen atoms in total. The van der Waals surface area contributed by atoms with Crippen LogP contribution in [0.4, 0.5) is 0 Å². The Morgan fingerprint density at radius 3 is 2.50 bits per heavy atom. The molecule has 0 aromatic heterocycles. The van der Waals surface area contributed by atoms with E-state index in [1.807, 2.05) is 0 Å². The highest BCUT2D eigenvalue weighted by Crippen LogP contribution is 2.32. The van der Waals surface area contributed by atoms with E-state index in [1.165, 1.54) is 44.9 Å². The Hall–Kier alpha value is 0.0200. The first-order chi connectivity index (χ1) is 7.77. The zero-order valence-electron chi connectivity index (χ0n) is 10.8. The van der Waals surface area contributed by atoms with E-state index in [0.717, 1.165) is 18.1 Å². The summed E-state index contributed by atoms with van der Waals surface area (Å²) < 4.78 is 0. The van der Waals surface area contributed by atoms with Crippen LogP contribution in [0.2, 0.25) is 0 Å². The van der Waals surface area contributed by atoms with Gasteiger partial charge in [0, 0.05) is 12.3 Å². The number of thioether (sulfide) groups is 1. The summed E-state index contributed by atoms with van der Waals surface area (Å²) in [6.45, 7) is 2.26. The molecule has 0 atom stereocenters. The number of carbonyl (C=O) groups excluding carboxylic acids is 1. The molecule has 0 saturated heterocycles. The van der Waals surface area contributed by atoms with Crippen LogP contribution in [0.1, 0.15) is 58.3 Å². The third-order valence-electron chi connectivity index (χ3n) is 3.82. The Labute approximate surface area is 105 Å². The van der Waals surface area contributed by atoms with Crippen molar-refractivity contribution in [1.29, 1.82) is 0 Å². The molecule has 1 aliphatic carbocycles. The van der Waals surface area contributed by atoms with Gasteiger partial charge >= 0.3 is 0 Å². The van der Waals surface area contributed by atoms with Crippen LogP contribution in [0.25, 0.3) is 0 Å². The van der Waals surface area contributed by atoms with Crippen molar-refractivity contribution in [2.75, 3.05) is 12.0 Å². The molecule has 1 fully saturated rings. The average Bonchev–Trinajstić information content (AvgIpc) is 2.34. The monoisotopic (exact) mass is 242 g/mol.